The van der Waals surface area contributed by atoms with E-state index in [9.17, 15) is 0 Å². The molecule has 0 saturated heterocycles. The summed E-state index contributed by atoms with van der Waals surface area (Å²) in [4.78, 5) is 4.38. The summed E-state index contributed by atoms with van der Waals surface area (Å²) in [5.41, 5.74) is 0.937. The minimum Gasteiger partial charge on any atom is -0.490 e. The molecule has 3 heteroatoms. The molecule has 1 N–H and O–H groups in total. The van der Waals surface area contributed by atoms with Crippen LogP contribution in [0.15, 0.2) is 36.5 Å². The predicted molar refractivity (Wildman–Crippen MR) is 79.6 cm³/mol. The van der Waals surface area contributed by atoms with Crippen molar-refractivity contribution in [2.75, 3.05) is 13.2 Å². The molecule has 0 aliphatic heterocycles. The zero-order valence-corrected chi connectivity index (χ0v) is 11.7. The van der Waals surface area contributed by atoms with Gasteiger partial charge in [0.1, 0.15) is 17.9 Å². The van der Waals surface area contributed by atoms with Crippen LogP contribution in [0.3, 0.4) is 0 Å². The molecule has 0 aliphatic carbocycles. The standard InChI is InChI=1S/C16H22N2O/c1-3-6-13(2)17-11-12-19-15-9-4-7-14-8-5-10-18-16(14)15/h4-5,7-10,13,17H,3,6,11-12H2,1-2H3. The van der Waals surface area contributed by atoms with Gasteiger partial charge >= 0.3 is 0 Å². The van der Waals surface area contributed by atoms with Crippen LogP contribution in [0.5, 0.6) is 5.75 Å². The summed E-state index contributed by atoms with van der Waals surface area (Å²) in [6.45, 7) is 5.95. The van der Waals surface area contributed by atoms with Crippen LogP contribution in [0.4, 0.5) is 0 Å². The van der Waals surface area contributed by atoms with Crippen LogP contribution in [0.25, 0.3) is 10.9 Å². The van der Waals surface area contributed by atoms with Gasteiger partial charge in [0.15, 0.2) is 0 Å². The summed E-state index contributed by atoms with van der Waals surface area (Å²) in [6.07, 6.45) is 4.22. The Labute approximate surface area is 115 Å². The first-order chi connectivity index (χ1) is 9.31. The highest BCUT2D eigenvalue weighted by molar-refractivity contribution is 5.84. The van der Waals surface area contributed by atoms with Crippen LogP contribution < -0.4 is 10.1 Å². The molecule has 19 heavy (non-hydrogen) atoms. The van der Waals surface area contributed by atoms with Crippen molar-refractivity contribution in [3.8, 4) is 5.75 Å². The zero-order valence-electron chi connectivity index (χ0n) is 11.7. The Morgan fingerprint density at radius 1 is 1.26 bits per heavy atom. The average molecular weight is 258 g/mol. The molecule has 2 rings (SSSR count). The third-order valence-electron chi connectivity index (χ3n) is 3.17. The molecule has 0 fully saturated rings. The second-order valence-corrected chi connectivity index (χ2v) is 4.82. The fourth-order valence-corrected chi connectivity index (χ4v) is 2.19. The van der Waals surface area contributed by atoms with Gasteiger partial charge in [-0.25, -0.2) is 0 Å². The fourth-order valence-electron chi connectivity index (χ4n) is 2.19. The zero-order chi connectivity index (χ0) is 13.5. The molecule has 0 spiro atoms. The summed E-state index contributed by atoms with van der Waals surface area (Å²) in [5.74, 6) is 0.864. The van der Waals surface area contributed by atoms with Crippen LogP contribution in [0.2, 0.25) is 0 Å². The normalized spacial score (nSPS) is 12.5. The van der Waals surface area contributed by atoms with Crippen LogP contribution >= 0.6 is 0 Å². The van der Waals surface area contributed by atoms with E-state index < -0.39 is 0 Å². The Morgan fingerprint density at radius 3 is 2.95 bits per heavy atom. The van der Waals surface area contributed by atoms with Gasteiger partial charge < -0.3 is 10.1 Å². The Hall–Kier alpha value is -1.61. The van der Waals surface area contributed by atoms with E-state index in [0.29, 0.717) is 12.6 Å². The third-order valence-corrected chi connectivity index (χ3v) is 3.17. The molecule has 0 radical (unpaired) electrons. The van der Waals surface area contributed by atoms with Gasteiger partial charge in [0.25, 0.3) is 0 Å². The van der Waals surface area contributed by atoms with Crippen LogP contribution in [0, 0.1) is 0 Å². The van der Waals surface area contributed by atoms with Crippen molar-refractivity contribution in [1.82, 2.24) is 10.3 Å². The van der Waals surface area contributed by atoms with Crippen molar-refractivity contribution in [2.24, 2.45) is 0 Å². The quantitative estimate of drug-likeness (QED) is 0.773. The number of para-hydroxylation sites is 1. The number of nitrogens with one attached hydrogen (secondary N) is 1. The van der Waals surface area contributed by atoms with E-state index in [1.54, 1.807) is 6.20 Å². The maximum Gasteiger partial charge on any atom is 0.145 e. The minimum atomic E-state index is 0.555. The van der Waals surface area contributed by atoms with Crippen molar-refractivity contribution >= 4 is 10.9 Å². The van der Waals surface area contributed by atoms with E-state index in [-0.39, 0.29) is 0 Å². The number of fused-ring (bicyclic) bond motifs is 1. The number of pyridine rings is 1. The number of benzene rings is 1. The molecular formula is C16H22N2O. The van der Waals surface area contributed by atoms with Gasteiger partial charge in [-0.3, -0.25) is 4.98 Å². The van der Waals surface area contributed by atoms with Crippen molar-refractivity contribution in [2.45, 2.75) is 32.7 Å². The molecule has 102 valence electrons. The highest BCUT2D eigenvalue weighted by atomic mass is 16.5. The second kappa shape index (κ2) is 7.10. The molecule has 0 aliphatic rings. The topological polar surface area (TPSA) is 34.1 Å². The summed E-state index contributed by atoms with van der Waals surface area (Å²) in [5, 5.41) is 4.57. The number of ether oxygens (including phenoxy) is 1. The lowest BCUT2D eigenvalue weighted by Crippen LogP contribution is -2.29. The lowest BCUT2D eigenvalue weighted by atomic mass is 10.2. The largest absolute Gasteiger partial charge is 0.490 e. The molecule has 0 saturated carbocycles. The van der Waals surface area contributed by atoms with Gasteiger partial charge in [-0.2, -0.15) is 0 Å². The molecule has 0 amide bonds. The summed E-state index contributed by atoms with van der Waals surface area (Å²) < 4.78 is 5.82. The first-order valence-electron chi connectivity index (χ1n) is 7.01. The molecular weight excluding hydrogens is 236 g/mol. The van der Waals surface area contributed by atoms with Gasteiger partial charge in [-0.15, -0.1) is 0 Å². The lowest BCUT2D eigenvalue weighted by Gasteiger charge is -2.13. The number of hydrogen-bond donors (Lipinski definition) is 1. The second-order valence-electron chi connectivity index (χ2n) is 4.82. The third kappa shape index (κ3) is 3.93. The number of hydrogen-bond acceptors (Lipinski definition) is 3. The van der Waals surface area contributed by atoms with Crippen LogP contribution in [-0.4, -0.2) is 24.2 Å². The maximum atomic E-state index is 5.82. The van der Waals surface area contributed by atoms with Crippen molar-refractivity contribution in [3.05, 3.63) is 36.5 Å². The SMILES string of the molecule is CCCC(C)NCCOc1cccc2cccnc12. The number of rotatable bonds is 7. The van der Waals surface area contributed by atoms with Gasteiger partial charge in [0.2, 0.25) is 0 Å². The van der Waals surface area contributed by atoms with E-state index >= 15 is 0 Å². The fraction of sp³-hybridized carbons (Fsp3) is 0.438. The lowest BCUT2D eigenvalue weighted by molar-refractivity contribution is 0.307. The molecule has 1 atom stereocenters. The van der Waals surface area contributed by atoms with Gasteiger partial charge in [-0.1, -0.05) is 31.5 Å². The molecule has 1 aromatic carbocycles. The van der Waals surface area contributed by atoms with E-state index in [1.165, 1.54) is 12.8 Å². The monoisotopic (exact) mass is 258 g/mol. The van der Waals surface area contributed by atoms with Crippen molar-refractivity contribution in [3.63, 3.8) is 0 Å². The molecule has 1 aromatic heterocycles. The Morgan fingerprint density at radius 2 is 2.11 bits per heavy atom. The molecule has 3 nitrogen and oxygen atoms in total. The summed E-state index contributed by atoms with van der Waals surface area (Å²) in [7, 11) is 0. The minimum absolute atomic E-state index is 0.555. The average Bonchev–Trinajstić information content (AvgIpc) is 2.44. The van der Waals surface area contributed by atoms with Gasteiger partial charge in [-0.05, 0) is 25.5 Å². The highest BCUT2D eigenvalue weighted by Crippen LogP contribution is 2.22. The smallest absolute Gasteiger partial charge is 0.145 e. The predicted octanol–water partition coefficient (Wildman–Crippen LogP) is 3.39. The van der Waals surface area contributed by atoms with E-state index in [1.807, 2.05) is 18.2 Å². The van der Waals surface area contributed by atoms with Crippen LogP contribution in [0.1, 0.15) is 26.7 Å². The number of nitrogens with zero attached hydrogens (tertiary/aromatic N) is 1. The summed E-state index contributed by atoms with van der Waals surface area (Å²) >= 11 is 0. The molecule has 2 aromatic rings. The Balaban J connectivity index is 1.88. The molecule has 1 heterocycles. The van der Waals surface area contributed by atoms with E-state index in [2.05, 4.69) is 36.3 Å². The Kier molecular flexibility index (Phi) is 5.16. The first kappa shape index (κ1) is 13.8. The first-order valence-corrected chi connectivity index (χ1v) is 7.01. The maximum absolute atomic E-state index is 5.82. The van der Waals surface area contributed by atoms with Gasteiger partial charge in [0, 0.05) is 24.2 Å². The van der Waals surface area contributed by atoms with Crippen molar-refractivity contribution in [1.29, 1.82) is 0 Å². The van der Waals surface area contributed by atoms with Crippen LogP contribution in [-0.2, 0) is 0 Å². The van der Waals surface area contributed by atoms with Crippen molar-refractivity contribution < 1.29 is 4.74 Å². The Bertz CT molecular complexity index is 508. The number of aromatic nitrogens is 1. The van der Waals surface area contributed by atoms with E-state index in [4.69, 9.17) is 4.74 Å². The van der Waals surface area contributed by atoms with E-state index in [0.717, 1.165) is 23.2 Å². The van der Waals surface area contributed by atoms with Gasteiger partial charge in [0.05, 0.1) is 0 Å². The highest BCUT2D eigenvalue weighted by Gasteiger charge is 2.03. The molecule has 1 unspecified atom stereocenters. The summed E-state index contributed by atoms with van der Waals surface area (Å²) in [6, 6.07) is 10.6. The molecule has 0 bridgehead atoms.